The number of rotatable bonds is 4. The highest BCUT2D eigenvalue weighted by molar-refractivity contribution is 5.87. The number of carbonyl (C=O) groups is 1. The molecule has 1 aromatic heterocycles. The summed E-state index contributed by atoms with van der Waals surface area (Å²) >= 11 is 0. The van der Waals surface area contributed by atoms with Crippen LogP contribution in [0.15, 0.2) is 10.6 Å². The Morgan fingerprint density at radius 3 is 3.00 bits per heavy atom. The Morgan fingerprint density at radius 2 is 2.39 bits per heavy atom. The maximum Gasteiger partial charge on any atom is 0.360 e. The molecule has 1 aliphatic heterocycles. The van der Waals surface area contributed by atoms with Gasteiger partial charge in [-0.05, 0) is 26.2 Å². The average molecular weight is 252 g/mol. The lowest BCUT2D eigenvalue weighted by atomic mass is 9.91. The summed E-state index contributed by atoms with van der Waals surface area (Å²) in [4.78, 5) is 11.5. The molecule has 1 aromatic rings. The molecule has 0 spiro atoms. The number of esters is 1. The zero-order chi connectivity index (χ0) is 13.0. The van der Waals surface area contributed by atoms with Crippen molar-refractivity contribution in [2.45, 2.75) is 45.1 Å². The normalized spacial score (nSPS) is 23.9. The lowest BCUT2D eigenvalue weighted by Crippen LogP contribution is -2.37. The lowest BCUT2D eigenvalue weighted by molar-refractivity contribution is 0.0514. The number of piperidine rings is 1. The van der Waals surface area contributed by atoms with E-state index in [1.165, 1.54) is 0 Å². The Balaban J connectivity index is 1.96. The summed E-state index contributed by atoms with van der Waals surface area (Å²) in [6, 6.07) is 2.31. The van der Waals surface area contributed by atoms with Gasteiger partial charge in [0.05, 0.1) is 6.61 Å². The molecule has 2 rings (SSSR count). The van der Waals surface area contributed by atoms with E-state index in [1.54, 1.807) is 13.0 Å². The van der Waals surface area contributed by atoms with E-state index in [1.807, 2.05) is 0 Å². The molecular formula is C13H20N2O3. The molecule has 18 heavy (non-hydrogen) atoms. The van der Waals surface area contributed by atoms with Crippen molar-refractivity contribution in [3.8, 4) is 0 Å². The van der Waals surface area contributed by atoms with E-state index in [9.17, 15) is 4.79 Å². The van der Waals surface area contributed by atoms with Crippen LogP contribution >= 0.6 is 0 Å². The predicted molar refractivity (Wildman–Crippen MR) is 66.5 cm³/mol. The first-order chi connectivity index (χ1) is 8.74. The second kappa shape index (κ2) is 6.00. The molecule has 100 valence electrons. The highest BCUT2D eigenvalue weighted by Crippen LogP contribution is 2.26. The van der Waals surface area contributed by atoms with E-state index in [4.69, 9.17) is 9.26 Å². The number of hydrogen-bond donors (Lipinski definition) is 1. The van der Waals surface area contributed by atoms with Crippen LogP contribution in [0.25, 0.3) is 0 Å². The Hall–Kier alpha value is -1.36. The summed E-state index contributed by atoms with van der Waals surface area (Å²) in [7, 11) is 0. The van der Waals surface area contributed by atoms with Crippen molar-refractivity contribution in [3.05, 3.63) is 17.5 Å². The van der Waals surface area contributed by atoms with Gasteiger partial charge >= 0.3 is 5.97 Å². The van der Waals surface area contributed by atoms with Crippen molar-refractivity contribution in [1.29, 1.82) is 0 Å². The fourth-order valence-corrected chi connectivity index (χ4v) is 2.29. The monoisotopic (exact) mass is 252 g/mol. The quantitative estimate of drug-likeness (QED) is 0.831. The Labute approximate surface area is 107 Å². The fraction of sp³-hybridized carbons (Fsp3) is 0.692. The number of ether oxygens (including phenoxy) is 1. The number of nitrogens with one attached hydrogen (secondary N) is 1. The van der Waals surface area contributed by atoms with Crippen molar-refractivity contribution in [2.75, 3.05) is 13.2 Å². The Bertz CT molecular complexity index is 395. The highest BCUT2D eigenvalue weighted by Gasteiger charge is 2.25. The molecule has 1 N–H and O–H groups in total. The fourth-order valence-electron chi connectivity index (χ4n) is 2.29. The summed E-state index contributed by atoms with van der Waals surface area (Å²) in [5.41, 5.74) is 0.268. The Morgan fingerprint density at radius 1 is 1.56 bits per heavy atom. The third kappa shape index (κ3) is 2.90. The summed E-state index contributed by atoms with van der Waals surface area (Å²) in [6.07, 6.45) is 3.36. The van der Waals surface area contributed by atoms with Crippen LogP contribution in [0.3, 0.4) is 0 Å². The first-order valence-electron chi connectivity index (χ1n) is 6.61. The highest BCUT2D eigenvalue weighted by atomic mass is 16.5. The minimum atomic E-state index is -0.414. The van der Waals surface area contributed by atoms with Gasteiger partial charge in [0, 0.05) is 24.6 Å². The second-order valence-electron chi connectivity index (χ2n) is 4.62. The van der Waals surface area contributed by atoms with Crippen LogP contribution < -0.4 is 5.32 Å². The molecule has 0 unspecified atom stereocenters. The molecule has 0 aromatic carbocycles. The molecule has 0 bridgehead atoms. The number of aromatic nitrogens is 1. The first-order valence-corrected chi connectivity index (χ1v) is 6.61. The van der Waals surface area contributed by atoms with Crippen molar-refractivity contribution >= 4 is 5.97 Å². The zero-order valence-corrected chi connectivity index (χ0v) is 10.9. The van der Waals surface area contributed by atoms with Gasteiger partial charge in [0.2, 0.25) is 0 Å². The van der Waals surface area contributed by atoms with E-state index >= 15 is 0 Å². The van der Waals surface area contributed by atoms with E-state index in [-0.39, 0.29) is 5.69 Å². The van der Waals surface area contributed by atoms with Crippen LogP contribution in [0.4, 0.5) is 0 Å². The average Bonchev–Trinajstić information content (AvgIpc) is 2.89. The van der Waals surface area contributed by atoms with E-state index in [2.05, 4.69) is 17.4 Å². The van der Waals surface area contributed by atoms with Crippen LogP contribution in [0.1, 0.15) is 55.3 Å². The molecule has 1 saturated heterocycles. The van der Waals surface area contributed by atoms with Crippen molar-refractivity contribution in [3.63, 3.8) is 0 Å². The van der Waals surface area contributed by atoms with Gasteiger partial charge in [0.1, 0.15) is 5.76 Å². The third-order valence-electron chi connectivity index (χ3n) is 3.42. The number of nitrogens with zero attached hydrogens (tertiary/aromatic N) is 1. The van der Waals surface area contributed by atoms with Crippen LogP contribution in [0.2, 0.25) is 0 Å². The van der Waals surface area contributed by atoms with Crippen molar-refractivity contribution in [2.24, 2.45) is 0 Å². The molecule has 0 saturated carbocycles. The maximum atomic E-state index is 11.5. The predicted octanol–water partition coefficient (Wildman–Crippen LogP) is 2.10. The third-order valence-corrected chi connectivity index (χ3v) is 3.42. The number of hydrogen-bond acceptors (Lipinski definition) is 5. The molecule has 2 atom stereocenters. The van der Waals surface area contributed by atoms with Crippen molar-refractivity contribution in [1.82, 2.24) is 10.5 Å². The van der Waals surface area contributed by atoms with Gasteiger partial charge in [0.25, 0.3) is 0 Å². The van der Waals surface area contributed by atoms with Gasteiger partial charge in [-0.1, -0.05) is 12.1 Å². The molecule has 1 aliphatic rings. The summed E-state index contributed by atoms with van der Waals surface area (Å²) in [6.45, 7) is 5.19. The number of carbonyl (C=O) groups excluding carboxylic acids is 1. The lowest BCUT2D eigenvalue weighted by Gasteiger charge is -2.27. The second-order valence-corrected chi connectivity index (χ2v) is 4.62. The molecule has 0 radical (unpaired) electrons. The largest absolute Gasteiger partial charge is 0.461 e. The topological polar surface area (TPSA) is 64.4 Å². The van der Waals surface area contributed by atoms with Gasteiger partial charge in [-0.15, -0.1) is 0 Å². The maximum absolute atomic E-state index is 11.5. The van der Waals surface area contributed by atoms with Gasteiger partial charge in [-0.2, -0.15) is 0 Å². The van der Waals surface area contributed by atoms with E-state index in [0.717, 1.165) is 31.6 Å². The molecular weight excluding hydrogens is 232 g/mol. The van der Waals surface area contributed by atoms with E-state index < -0.39 is 5.97 Å². The van der Waals surface area contributed by atoms with Crippen LogP contribution in [0, 0.1) is 0 Å². The zero-order valence-electron chi connectivity index (χ0n) is 10.9. The molecule has 0 aliphatic carbocycles. The van der Waals surface area contributed by atoms with Crippen LogP contribution in [0.5, 0.6) is 0 Å². The Kier molecular flexibility index (Phi) is 4.36. The van der Waals surface area contributed by atoms with Crippen LogP contribution in [-0.2, 0) is 4.74 Å². The minimum absolute atomic E-state index is 0.268. The van der Waals surface area contributed by atoms with Gasteiger partial charge in [0.15, 0.2) is 5.69 Å². The van der Waals surface area contributed by atoms with Crippen LogP contribution in [-0.4, -0.2) is 30.3 Å². The standard InChI is InChI=1S/C13H20N2O3/c1-3-10-6-5-9(8-14-10)12-7-11(15-18-12)13(16)17-4-2/h7,9-10,14H,3-6,8H2,1-2H3/t9-,10-/m1/s1. The first kappa shape index (κ1) is 13.1. The molecule has 0 amide bonds. The van der Waals surface area contributed by atoms with Gasteiger partial charge in [-0.25, -0.2) is 4.79 Å². The van der Waals surface area contributed by atoms with Crippen molar-refractivity contribution < 1.29 is 14.1 Å². The summed E-state index contributed by atoms with van der Waals surface area (Å²) < 4.78 is 10.1. The van der Waals surface area contributed by atoms with Gasteiger partial charge < -0.3 is 14.6 Å². The molecule has 5 nitrogen and oxygen atoms in total. The molecule has 2 heterocycles. The summed E-state index contributed by atoms with van der Waals surface area (Å²) in [5, 5.41) is 7.25. The van der Waals surface area contributed by atoms with E-state index in [0.29, 0.717) is 18.6 Å². The SMILES string of the molecule is CCOC(=O)c1cc([C@@H]2CC[C@@H](CC)NC2)on1. The summed E-state index contributed by atoms with van der Waals surface area (Å²) in [5.74, 6) is 0.672. The smallest absolute Gasteiger partial charge is 0.360 e. The van der Waals surface area contributed by atoms with Gasteiger partial charge in [-0.3, -0.25) is 0 Å². The molecule has 5 heteroatoms. The molecule has 1 fully saturated rings. The minimum Gasteiger partial charge on any atom is -0.461 e.